The molecule has 0 bridgehead atoms. The Kier molecular flexibility index (Phi) is 6.69. The van der Waals surface area contributed by atoms with Crippen molar-refractivity contribution in [3.8, 4) is 11.5 Å². The zero-order valence-corrected chi connectivity index (χ0v) is 16.8. The molecule has 0 spiro atoms. The summed E-state index contributed by atoms with van der Waals surface area (Å²) < 4.78 is 5.79. The molecule has 2 amide bonds. The molecule has 0 unspecified atom stereocenters. The molecule has 0 fully saturated rings. The normalized spacial score (nSPS) is 10.4. The van der Waals surface area contributed by atoms with E-state index in [9.17, 15) is 9.59 Å². The number of aromatic nitrogens is 1. The number of amides is 2. The number of ether oxygens (including phenoxy) is 1. The number of hydrogen-bond donors (Lipinski definition) is 2. The maximum absolute atomic E-state index is 12.3. The van der Waals surface area contributed by atoms with Crippen LogP contribution in [0, 0.1) is 0 Å². The first kappa shape index (κ1) is 20.6. The minimum absolute atomic E-state index is 0.252. The summed E-state index contributed by atoms with van der Waals surface area (Å²) in [5, 5.41) is 3.62. The second kappa shape index (κ2) is 9.41. The predicted molar refractivity (Wildman–Crippen MR) is 111 cm³/mol. The molecule has 8 heteroatoms. The van der Waals surface area contributed by atoms with Gasteiger partial charge in [-0.15, -0.1) is 0 Å². The van der Waals surface area contributed by atoms with Crippen LogP contribution in [0.5, 0.6) is 11.5 Å². The number of primary amides is 1. The highest BCUT2D eigenvalue weighted by Crippen LogP contribution is 2.23. The topological polar surface area (TPSA) is 95.6 Å². The predicted octanol–water partition coefficient (Wildman–Crippen LogP) is 3.67. The van der Waals surface area contributed by atoms with E-state index in [1.54, 1.807) is 30.5 Å². The van der Waals surface area contributed by atoms with E-state index in [4.69, 9.17) is 33.7 Å². The number of rotatable bonds is 7. The summed E-state index contributed by atoms with van der Waals surface area (Å²) in [6, 6.07) is 15.4. The van der Waals surface area contributed by atoms with Gasteiger partial charge in [-0.3, -0.25) is 9.59 Å². The molecule has 3 aromatic rings. The van der Waals surface area contributed by atoms with Gasteiger partial charge in [0.05, 0.1) is 16.7 Å². The van der Waals surface area contributed by atoms with Crippen LogP contribution >= 0.6 is 23.2 Å². The minimum atomic E-state index is -0.569. The molecule has 0 atom stereocenters. The van der Waals surface area contributed by atoms with Crippen molar-refractivity contribution in [2.24, 2.45) is 5.73 Å². The molecule has 0 saturated carbocycles. The van der Waals surface area contributed by atoms with E-state index in [2.05, 4.69) is 10.3 Å². The summed E-state index contributed by atoms with van der Waals surface area (Å²) in [5.41, 5.74) is 6.86. The zero-order valence-electron chi connectivity index (χ0n) is 15.2. The Labute approximate surface area is 177 Å². The number of pyridine rings is 1. The molecule has 0 aliphatic heterocycles. The van der Waals surface area contributed by atoms with Crippen molar-refractivity contribution in [3.05, 3.63) is 87.7 Å². The van der Waals surface area contributed by atoms with Gasteiger partial charge in [-0.25, -0.2) is 4.98 Å². The van der Waals surface area contributed by atoms with Crippen LogP contribution in [0.25, 0.3) is 0 Å². The van der Waals surface area contributed by atoms with E-state index < -0.39 is 5.91 Å². The van der Waals surface area contributed by atoms with Crippen molar-refractivity contribution >= 4 is 35.0 Å². The molecule has 0 radical (unpaired) electrons. The molecular weight excluding hydrogens is 413 g/mol. The van der Waals surface area contributed by atoms with Gasteiger partial charge in [-0.1, -0.05) is 35.3 Å². The fourth-order valence-electron chi connectivity index (χ4n) is 2.64. The number of H-pyrrole nitrogens is 1. The molecule has 148 valence electrons. The van der Waals surface area contributed by atoms with E-state index in [-0.39, 0.29) is 11.6 Å². The highest BCUT2D eigenvalue weighted by molar-refractivity contribution is 6.36. The van der Waals surface area contributed by atoms with E-state index in [1.807, 2.05) is 18.2 Å². The Morgan fingerprint density at radius 2 is 1.83 bits per heavy atom. The van der Waals surface area contributed by atoms with Gasteiger partial charge in [0, 0.05) is 17.6 Å². The summed E-state index contributed by atoms with van der Waals surface area (Å²) >= 11 is 11.9. The first-order valence-electron chi connectivity index (χ1n) is 8.74. The highest BCUT2D eigenvalue weighted by Gasteiger charge is 2.12. The molecule has 0 aliphatic rings. The van der Waals surface area contributed by atoms with Crippen molar-refractivity contribution in [2.45, 2.75) is 6.42 Å². The fraction of sp³-hybridized carbons (Fsp3) is 0.0952. The number of nitrogens with two attached hydrogens (primary N) is 1. The second-order valence-electron chi connectivity index (χ2n) is 6.18. The van der Waals surface area contributed by atoms with Crippen LogP contribution in [0.2, 0.25) is 10.0 Å². The second-order valence-corrected chi connectivity index (χ2v) is 7.03. The van der Waals surface area contributed by atoms with Crippen LogP contribution in [-0.2, 0) is 6.42 Å². The van der Waals surface area contributed by atoms with Crippen molar-refractivity contribution in [1.29, 1.82) is 0 Å². The van der Waals surface area contributed by atoms with Crippen LogP contribution in [0.1, 0.15) is 26.4 Å². The number of aromatic amines is 1. The van der Waals surface area contributed by atoms with Gasteiger partial charge < -0.3 is 15.8 Å². The number of carbonyl (C=O) groups is 2. The van der Waals surface area contributed by atoms with Crippen LogP contribution in [0.4, 0.5) is 0 Å². The van der Waals surface area contributed by atoms with E-state index in [1.165, 1.54) is 12.1 Å². The number of halogens is 2. The van der Waals surface area contributed by atoms with Gasteiger partial charge in [0.2, 0.25) is 0 Å². The van der Waals surface area contributed by atoms with Gasteiger partial charge in [-0.05, 0) is 42.3 Å². The lowest BCUT2D eigenvalue weighted by Crippen LogP contribution is -2.25. The maximum Gasteiger partial charge on any atom is 0.313 e. The van der Waals surface area contributed by atoms with Gasteiger partial charge in [0.1, 0.15) is 11.5 Å². The quantitative estimate of drug-likeness (QED) is 0.598. The lowest BCUT2D eigenvalue weighted by molar-refractivity contribution is -0.382. The van der Waals surface area contributed by atoms with Crippen LogP contribution in [0.3, 0.4) is 0 Å². The third-order valence-corrected chi connectivity index (χ3v) is 4.60. The van der Waals surface area contributed by atoms with Crippen LogP contribution < -0.4 is 20.8 Å². The molecule has 0 saturated heterocycles. The third-order valence-electron chi connectivity index (χ3n) is 4.05. The standard InChI is InChI=1S/C21H17Cl2N3O3/c22-14-4-5-17(18(23)11-14)21(28)26-8-6-13-2-1-3-15(10-13)29-16-7-9-25-19(12-16)20(24)27/h1-5,7,9-12H,6,8H2,(H2,24,27)(H,26,28)/p+1. The lowest BCUT2D eigenvalue weighted by atomic mass is 10.1. The van der Waals surface area contributed by atoms with Crippen LogP contribution in [0.15, 0.2) is 60.8 Å². The average Bonchev–Trinajstić information content (AvgIpc) is 2.68. The third kappa shape index (κ3) is 5.70. The molecule has 29 heavy (non-hydrogen) atoms. The van der Waals surface area contributed by atoms with Gasteiger partial charge in [0.25, 0.3) is 11.6 Å². The molecule has 4 N–H and O–H groups in total. The van der Waals surface area contributed by atoms with Crippen molar-refractivity contribution in [1.82, 2.24) is 5.32 Å². The maximum atomic E-state index is 12.3. The monoisotopic (exact) mass is 430 g/mol. The first-order valence-corrected chi connectivity index (χ1v) is 9.49. The molecule has 3 rings (SSSR count). The number of benzene rings is 2. The molecule has 2 aromatic carbocycles. The van der Waals surface area contributed by atoms with Gasteiger partial charge in [0.15, 0.2) is 6.20 Å². The van der Waals surface area contributed by atoms with Crippen molar-refractivity contribution in [3.63, 3.8) is 0 Å². The van der Waals surface area contributed by atoms with Crippen molar-refractivity contribution < 1.29 is 19.3 Å². The Morgan fingerprint density at radius 3 is 2.59 bits per heavy atom. The highest BCUT2D eigenvalue weighted by atomic mass is 35.5. The van der Waals surface area contributed by atoms with Gasteiger partial charge in [-0.2, -0.15) is 0 Å². The Balaban J connectivity index is 1.59. The number of carbonyl (C=O) groups excluding carboxylic acids is 2. The summed E-state index contributed by atoms with van der Waals surface area (Å²) in [6.45, 7) is 0.424. The Morgan fingerprint density at radius 1 is 1.03 bits per heavy atom. The fourth-order valence-corrected chi connectivity index (χ4v) is 3.14. The zero-order chi connectivity index (χ0) is 20.8. The first-order chi connectivity index (χ1) is 13.9. The van der Waals surface area contributed by atoms with E-state index >= 15 is 0 Å². The number of nitrogens with one attached hydrogen (secondary N) is 2. The summed E-state index contributed by atoms with van der Waals surface area (Å²) in [7, 11) is 0. The summed E-state index contributed by atoms with van der Waals surface area (Å²) in [5.74, 6) is 0.260. The smallest absolute Gasteiger partial charge is 0.313 e. The summed E-state index contributed by atoms with van der Waals surface area (Å²) in [4.78, 5) is 26.3. The molecule has 1 aromatic heterocycles. The lowest BCUT2D eigenvalue weighted by Gasteiger charge is -2.09. The van der Waals surface area contributed by atoms with E-state index in [0.29, 0.717) is 40.1 Å². The van der Waals surface area contributed by atoms with Gasteiger partial charge >= 0.3 is 5.91 Å². The largest absolute Gasteiger partial charge is 0.457 e. The van der Waals surface area contributed by atoms with E-state index in [0.717, 1.165) is 5.56 Å². The van der Waals surface area contributed by atoms with Crippen molar-refractivity contribution in [2.75, 3.05) is 6.54 Å². The van der Waals surface area contributed by atoms with Crippen LogP contribution in [-0.4, -0.2) is 18.4 Å². The summed E-state index contributed by atoms with van der Waals surface area (Å²) in [6.07, 6.45) is 2.18. The molecular formula is C21H18Cl2N3O3+. The Hall–Kier alpha value is -3.09. The number of hydrogen-bond acceptors (Lipinski definition) is 3. The Bertz CT molecular complexity index is 1060. The average molecular weight is 431 g/mol. The minimum Gasteiger partial charge on any atom is -0.457 e. The molecule has 6 nitrogen and oxygen atoms in total. The molecule has 0 aliphatic carbocycles. The molecule has 1 heterocycles. The SMILES string of the molecule is NC(=O)c1cc(Oc2cccc(CCNC(=O)c3ccc(Cl)cc3Cl)c2)cc[nH+]1.